The fourth-order valence-electron chi connectivity index (χ4n) is 1.00. The van der Waals surface area contributed by atoms with Crippen molar-refractivity contribution in [2.24, 2.45) is 0 Å². The number of hydrogen-bond acceptors (Lipinski definition) is 3. The van der Waals surface area contributed by atoms with Crippen molar-refractivity contribution in [2.45, 2.75) is 20.0 Å². The van der Waals surface area contributed by atoms with Crippen LogP contribution < -0.4 is 5.32 Å². The van der Waals surface area contributed by atoms with Crippen molar-refractivity contribution in [3.8, 4) is 0 Å². The summed E-state index contributed by atoms with van der Waals surface area (Å²) in [6.45, 7) is 2.59. The molecular formula is C9H13FN2O. The molecule has 0 bridgehead atoms. The summed E-state index contributed by atoms with van der Waals surface area (Å²) in [5.41, 5.74) is 0.494. The fraction of sp³-hybridized carbons (Fsp3) is 0.444. The molecule has 0 unspecified atom stereocenters. The summed E-state index contributed by atoms with van der Waals surface area (Å²) >= 11 is 0. The number of aromatic nitrogens is 1. The van der Waals surface area contributed by atoms with Crippen LogP contribution in [-0.2, 0) is 6.61 Å². The van der Waals surface area contributed by atoms with Crippen molar-refractivity contribution in [2.75, 3.05) is 11.9 Å². The summed E-state index contributed by atoms with van der Waals surface area (Å²) in [5, 5.41) is 11.9. The van der Waals surface area contributed by atoms with Gasteiger partial charge in [0.2, 0.25) is 0 Å². The summed E-state index contributed by atoms with van der Waals surface area (Å²) in [6.07, 6.45) is 2.10. The van der Waals surface area contributed by atoms with Gasteiger partial charge in [-0.25, -0.2) is 9.37 Å². The van der Waals surface area contributed by atoms with Crippen LogP contribution in [0.3, 0.4) is 0 Å². The zero-order valence-electron chi connectivity index (χ0n) is 7.55. The first-order valence-electron chi connectivity index (χ1n) is 4.27. The Labute approximate surface area is 76.6 Å². The second-order valence-corrected chi connectivity index (χ2v) is 2.75. The monoisotopic (exact) mass is 184 g/mol. The SMILES string of the molecule is CCCNc1ncc(F)cc1CO. The molecule has 0 saturated heterocycles. The van der Waals surface area contributed by atoms with E-state index in [4.69, 9.17) is 5.11 Å². The maximum Gasteiger partial charge on any atom is 0.142 e. The van der Waals surface area contributed by atoms with E-state index in [1.807, 2.05) is 6.92 Å². The lowest BCUT2D eigenvalue weighted by Gasteiger charge is -2.07. The van der Waals surface area contributed by atoms with Gasteiger partial charge in [0.25, 0.3) is 0 Å². The molecule has 0 saturated carbocycles. The molecule has 0 aliphatic rings. The van der Waals surface area contributed by atoms with E-state index in [0.717, 1.165) is 19.2 Å². The Morgan fingerprint density at radius 3 is 3.00 bits per heavy atom. The Hall–Kier alpha value is -1.16. The van der Waals surface area contributed by atoms with Crippen molar-refractivity contribution < 1.29 is 9.50 Å². The molecule has 0 aliphatic carbocycles. The van der Waals surface area contributed by atoms with Gasteiger partial charge in [-0.05, 0) is 12.5 Å². The highest BCUT2D eigenvalue weighted by Crippen LogP contribution is 2.12. The van der Waals surface area contributed by atoms with Crippen molar-refractivity contribution in [3.63, 3.8) is 0 Å². The lowest BCUT2D eigenvalue weighted by Crippen LogP contribution is -2.05. The molecule has 0 spiro atoms. The molecule has 1 rings (SSSR count). The van der Waals surface area contributed by atoms with Crippen molar-refractivity contribution >= 4 is 5.82 Å². The van der Waals surface area contributed by atoms with Crippen LogP contribution in [0.15, 0.2) is 12.3 Å². The number of nitrogens with zero attached hydrogens (tertiary/aromatic N) is 1. The molecule has 1 aromatic rings. The van der Waals surface area contributed by atoms with Crippen LogP contribution in [-0.4, -0.2) is 16.6 Å². The van der Waals surface area contributed by atoms with Gasteiger partial charge in [0, 0.05) is 12.1 Å². The molecule has 0 radical (unpaired) electrons. The molecule has 3 nitrogen and oxygen atoms in total. The molecule has 4 heteroatoms. The third kappa shape index (κ3) is 2.66. The quantitative estimate of drug-likeness (QED) is 0.746. The molecule has 0 aliphatic heterocycles. The van der Waals surface area contributed by atoms with Gasteiger partial charge in [0.1, 0.15) is 11.6 Å². The van der Waals surface area contributed by atoms with Gasteiger partial charge >= 0.3 is 0 Å². The summed E-state index contributed by atoms with van der Waals surface area (Å²) in [7, 11) is 0. The Balaban J connectivity index is 2.79. The van der Waals surface area contributed by atoms with E-state index in [1.54, 1.807) is 0 Å². The van der Waals surface area contributed by atoms with E-state index in [-0.39, 0.29) is 6.61 Å². The normalized spacial score (nSPS) is 10.1. The molecule has 0 amide bonds. The van der Waals surface area contributed by atoms with Crippen LogP contribution in [0.2, 0.25) is 0 Å². The minimum Gasteiger partial charge on any atom is -0.392 e. The van der Waals surface area contributed by atoms with E-state index in [2.05, 4.69) is 10.3 Å². The third-order valence-electron chi connectivity index (χ3n) is 1.65. The molecule has 1 heterocycles. The summed E-state index contributed by atoms with van der Waals surface area (Å²) in [5.74, 6) is 0.136. The van der Waals surface area contributed by atoms with Gasteiger partial charge in [0.15, 0.2) is 0 Å². The standard InChI is InChI=1S/C9H13FN2O/c1-2-3-11-9-7(6-13)4-8(10)5-12-9/h4-5,13H,2-3,6H2,1H3,(H,11,12). The van der Waals surface area contributed by atoms with Gasteiger partial charge < -0.3 is 10.4 Å². The first-order valence-corrected chi connectivity index (χ1v) is 4.27. The van der Waals surface area contributed by atoms with Crippen LogP contribution in [0.4, 0.5) is 10.2 Å². The molecular weight excluding hydrogens is 171 g/mol. The van der Waals surface area contributed by atoms with Gasteiger partial charge in [-0.2, -0.15) is 0 Å². The average molecular weight is 184 g/mol. The summed E-state index contributed by atoms with van der Waals surface area (Å²) in [6, 6.07) is 1.28. The third-order valence-corrected chi connectivity index (χ3v) is 1.65. The Kier molecular flexibility index (Phi) is 3.64. The minimum absolute atomic E-state index is 0.198. The van der Waals surface area contributed by atoms with Gasteiger partial charge in [-0.1, -0.05) is 6.92 Å². The smallest absolute Gasteiger partial charge is 0.142 e. The number of nitrogens with one attached hydrogen (secondary N) is 1. The van der Waals surface area contributed by atoms with Gasteiger partial charge in [0.05, 0.1) is 12.8 Å². The second-order valence-electron chi connectivity index (χ2n) is 2.75. The summed E-state index contributed by atoms with van der Waals surface area (Å²) in [4.78, 5) is 3.84. The maximum absolute atomic E-state index is 12.7. The molecule has 0 fully saturated rings. The topological polar surface area (TPSA) is 45.2 Å². The van der Waals surface area contributed by atoms with E-state index in [9.17, 15) is 4.39 Å². The Morgan fingerprint density at radius 1 is 1.62 bits per heavy atom. The van der Waals surface area contributed by atoms with Crippen molar-refractivity contribution in [3.05, 3.63) is 23.6 Å². The van der Waals surface area contributed by atoms with Gasteiger partial charge in [-0.3, -0.25) is 0 Å². The number of aliphatic hydroxyl groups is 1. The zero-order valence-corrected chi connectivity index (χ0v) is 7.55. The first kappa shape index (κ1) is 9.92. The molecule has 72 valence electrons. The van der Waals surface area contributed by atoms with Crippen molar-refractivity contribution in [1.29, 1.82) is 0 Å². The molecule has 13 heavy (non-hydrogen) atoms. The van der Waals surface area contributed by atoms with Crippen LogP contribution in [0, 0.1) is 5.82 Å². The number of pyridine rings is 1. The zero-order chi connectivity index (χ0) is 9.68. The minimum atomic E-state index is -0.425. The first-order chi connectivity index (χ1) is 6.27. The van der Waals surface area contributed by atoms with E-state index in [1.165, 1.54) is 6.07 Å². The van der Waals surface area contributed by atoms with E-state index >= 15 is 0 Å². The lowest BCUT2D eigenvalue weighted by atomic mass is 10.2. The number of rotatable bonds is 4. The predicted molar refractivity (Wildman–Crippen MR) is 48.9 cm³/mol. The molecule has 2 N–H and O–H groups in total. The number of aliphatic hydroxyl groups excluding tert-OH is 1. The largest absolute Gasteiger partial charge is 0.392 e. The fourth-order valence-corrected chi connectivity index (χ4v) is 1.00. The molecule has 0 aromatic carbocycles. The highest BCUT2D eigenvalue weighted by atomic mass is 19.1. The number of hydrogen-bond donors (Lipinski definition) is 2. The average Bonchev–Trinajstić information content (AvgIpc) is 2.16. The Morgan fingerprint density at radius 2 is 2.38 bits per heavy atom. The highest BCUT2D eigenvalue weighted by molar-refractivity contribution is 5.43. The summed E-state index contributed by atoms with van der Waals surface area (Å²) < 4.78 is 12.7. The highest BCUT2D eigenvalue weighted by Gasteiger charge is 2.03. The Bertz CT molecular complexity index is 278. The predicted octanol–water partition coefficient (Wildman–Crippen LogP) is 1.53. The number of anilines is 1. The molecule has 1 aromatic heterocycles. The van der Waals surface area contributed by atoms with Crippen molar-refractivity contribution in [1.82, 2.24) is 4.98 Å². The van der Waals surface area contributed by atoms with Crippen LogP contribution >= 0.6 is 0 Å². The maximum atomic E-state index is 12.7. The van der Waals surface area contributed by atoms with Gasteiger partial charge in [-0.15, -0.1) is 0 Å². The van der Waals surface area contributed by atoms with E-state index in [0.29, 0.717) is 11.4 Å². The van der Waals surface area contributed by atoms with Crippen LogP contribution in [0.1, 0.15) is 18.9 Å². The number of halogens is 1. The van der Waals surface area contributed by atoms with Crippen LogP contribution in [0.5, 0.6) is 0 Å². The second kappa shape index (κ2) is 4.77. The molecule has 0 atom stereocenters. The lowest BCUT2D eigenvalue weighted by molar-refractivity contribution is 0.281. The van der Waals surface area contributed by atoms with E-state index < -0.39 is 5.82 Å². The van der Waals surface area contributed by atoms with Crippen LogP contribution in [0.25, 0.3) is 0 Å².